The molecule has 2 aromatic carbocycles. The summed E-state index contributed by atoms with van der Waals surface area (Å²) >= 11 is 0. The van der Waals surface area contributed by atoms with Gasteiger partial charge in [0.2, 0.25) is 11.8 Å². The first-order valence-corrected chi connectivity index (χ1v) is 10.9. The van der Waals surface area contributed by atoms with E-state index in [1.165, 1.54) is 6.92 Å². The molecule has 0 aromatic heterocycles. The highest BCUT2D eigenvalue weighted by molar-refractivity contribution is 5.94. The number of rotatable bonds is 11. The predicted octanol–water partition coefficient (Wildman–Crippen LogP) is 0.491. The third-order valence-corrected chi connectivity index (χ3v) is 5.48. The van der Waals surface area contributed by atoms with Crippen LogP contribution in [0.5, 0.6) is 0 Å². The van der Waals surface area contributed by atoms with Crippen LogP contribution < -0.4 is 22.1 Å². The van der Waals surface area contributed by atoms with E-state index in [-0.39, 0.29) is 24.8 Å². The lowest BCUT2D eigenvalue weighted by atomic mass is 9.95. The van der Waals surface area contributed by atoms with Crippen molar-refractivity contribution in [1.29, 1.82) is 0 Å². The van der Waals surface area contributed by atoms with E-state index < -0.39 is 35.9 Å². The average Bonchev–Trinajstić information content (AvgIpc) is 2.78. The van der Waals surface area contributed by atoms with Crippen LogP contribution in [0.15, 0.2) is 42.5 Å². The summed E-state index contributed by atoms with van der Waals surface area (Å²) in [6.07, 6.45) is -0.788. The average molecular weight is 443 g/mol. The van der Waals surface area contributed by atoms with Crippen molar-refractivity contribution in [2.75, 3.05) is 13.1 Å². The van der Waals surface area contributed by atoms with Gasteiger partial charge in [0.25, 0.3) is 0 Å². The summed E-state index contributed by atoms with van der Waals surface area (Å²) in [7, 11) is 0. The van der Waals surface area contributed by atoms with Crippen LogP contribution in [0.25, 0.3) is 10.8 Å². The van der Waals surface area contributed by atoms with Crippen LogP contribution in [0.2, 0.25) is 0 Å². The molecule has 0 fully saturated rings. The van der Waals surface area contributed by atoms with Crippen molar-refractivity contribution >= 4 is 28.4 Å². The van der Waals surface area contributed by atoms with E-state index in [0.717, 1.165) is 16.3 Å². The Kier molecular flexibility index (Phi) is 9.31. The van der Waals surface area contributed by atoms with E-state index in [9.17, 15) is 19.5 Å². The van der Waals surface area contributed by atoms with Gasteiger partial charge in [0.1, 0.15) is 6.04 Å². The number of aliphatic hydroxyl groups excluding tert-OH is 1. The van der Waals surface area contributed by atoms with E-state index in [4.69, 9.17) is 11.5 Å². The number of carbonyl (C=O) groups is 3. The number of hydrogen-bond donors (Lipinski definition) is 5. The Bertz CT molecular complexity index is 944. The summed E-state index contributed by atoms with van der Waals surface area (Å²) in [6.45, 7) is 4.82. The van der Waals surface area contributed by atoms with Crippen molar-refractivity contribution in [2.45, 2.75) is 45.4 Å². The highest BCUT2D eigenvalue weighted by Gasteiger charge is 2.31. The molecule has 0 heterocycles. The predicted molar refractivity (Wildman–Crippen MR) is 125 cm³/mol. The molecule has 8 heteroatoms. The van der Waals surface area contributed by atoms with Crippen LogP contribution in [0, 0.1) is 11.8 Å². The van der Waals surface area contributed by atoms with Crippen molar-refractivity contribution in [1.82, 2.24) is 10.6 Å². The van der Waals surface area contributed by atoms with Crippen LogP contribution in [-0.2, 0) is 20.8 Å². The van der Waals surface area contributed by atoms with Gasteiger partial charge in [-0.1, -0.05) is 56.3 Å². The first kappa shape index (κ1) is 25.5. The van der Waals surface area contributed by atoms with Crippen molar-refractivity contribution < 1.29 is 19.5 Å². The molecule has 32 heavy (non-hydrogen) atoms. The Morgan fingerprint density at radius 3 is 2.12 bits per heavy atom. The molecule has 2 aromatic rings. The molecule has 0 radical (unpaired) electrons. The monoisotopic (exact) mass is 442 g/mol. The molecule has 174 valence electrons. The van der Waals surface area contributed by atoms with Crippen LogP contribution in [0.3, 0.4) is 0 Å². The summed E-state index contributed by atoms with van der Waals surface area (Å²) in [4.78, 5) is 37.8. The molecule has 2 rings (SSSR count). The molecular weight excluding hydrogens is 408 g/mol. The second kappa shape index (κ2) is 11.7. The fourth-order valence-electron chi connectivity index (χ4n) is 3.52. The highest BCUT2D eigenvalue weighted by Crippen LogP contribution is 2.18. The van der Waals surface area contributed by atoms with E-state index >= 15 is 0 Å². The minimum Gasteiger partial charge on any atom is -0.391 e. The summed E-state index contributed by atoms with van der Waals surface area (Å²) in [5, 5.41) is 17.4. The lowest BCUT2D eigenvalue weighted by Crippen LogP contribution is -2.58. The maximum Gasteiger partial charge on any atom is 0.245 e. The zero-order valence-electron chi connectivity index (χ0n) is 18.9. The highest BCUT2D eigenvalue weighted by atomic mass is 16.3. The molecule has 0 aliphatic rings. The number of Topliss-reactive ketones (excluding diaryl/α,β-unsaturated/α-hetero) is 1. The smallest absolute Gasteiger partial charge is 0.245 e. The standard InChI is InChI=1S/C24H34N4O4/c1-14(2)22(30)20(13-26)27-24(32)21(15(3)29)28-23(31)19(12-25)11-16-8-9-17-6-4-5-7-18(17)10-16/h4-10,14-15,19-21,29H,11-13,25-26H2,1-3H3,(H,27,32)(H,28,31)/t15-,19?,20-,21-/m0/s1. The number of amides is 2. The maximum atomic E-state index is 12.9. The van der Waals surface area contributed by atoms with E-state index in [1.807, 2.05) is 42.5 Å². The number of carbonyl (C=O) groups excluding carboxylic acids is 3. The molecule has 2 amide bonds. The third-order valence-electron chi connectivity index (χ3n) is 5.48. The Balaban J connectivity index is 2.10. The maximum absolute atomic E-state index is 12.9. The number of aliphatic hydroxyl groups is 1. The normalized spacial score (nSPS) is 15.1. The number of fused-ring (bicyclic) bond motifs is 1. The quantitative estimate of drug-likeness (QED) is 0.342. The molecule has 0 saturated carbocycles. The molecule has 0 spiro atoms. The lowest BCUT2D eigenvalue weighted by Gasteiger charge is -2.26. The topological polar surface area (TPSA) is 148 Å². The van der Waals surface area contributed by atoms with Gasteiger partial charge in [-0.15, -0.1) is 0 Å². The Hall–Kier alpha value is -2.81. The molecule has 0 bridgehead atoms. The Labute approximate surface area is 188 Å². The van der Waals surface area contributed by atoms with Gasteiger partial charge in [0.05, 0.1) is 18.1 Å². The van der Waals surface area contributed by atoms with Gasteiger partial charge in [-0.05, 0) is 29.7 Å². The van der Waals surface area contributed by atoms with Crippen molar-refractivity contribution in [3.63, 3.8) is 0 Å². The van der Waals surface area contributed by atoms with Crippen LogP contribution in [0.4, 0.5) is 0 Å². The summed E-state index contributed by atoms with van der Waals surface area (Å²) in [6, 6.07) is 11.7. The van der Waals surface area contributed by atoms with Gasteiger partial charge in [-0.25, -0.2) is 0 Å². The summed E-state index contributed by atoms with van der Waals surface area (Å²) in [5.74, 6) is -2.23. The lowest BCUT2D eigenvalue weighted by molar-refractivity contribution is -0.135. The fraction of sp³-hybridized carbons (Fsp3) is 0.458. The molecular formula is C24H34N4O4. The molecule has 0 saturated heterocycles. The minimum atomic E-state index is -1.23. The summed E-state index contributed by atoms with van der Waals surface area (Å²) in [5.41, 5.74) is 12.4. The zero-order chi connectivity index (χ0) is 23.8. The summed E-state index contributed by atoms with van der Waals surface area (Å²) < 4.78 is 0. The number of hydrogen-bond acceptors (Lipinski definition) is 6. The van der Waals surface area contributed by atoms with Gasteiger partial charge >= 0.3 is 0 Å². The minimum absolute atomic E-state index is 0.0728. The number of ketones is 1. The van der Waals surface area contributed by atoms with Gasteiger partial charge in [-0.3, -0.25) is 14.4 Å². The second-order valence-electron chi connectivity index (χ2n) is 8.40. The van der Waals surface area contributed by atoms with E-state index in [2.05, 4.69) is 10.6 Å². The molecule has 1 unspecified atom stereocenters. The van der Waals surface area contributed by atoms with Crippen LogP contribution in [-0.4, -0.2) is 54.0 Å². The first-order valence-electron chi connectivity index (χ1n) is 10.9. The van der Waals surface area contributed by atoms with Crippen molar-refractivity contribution in [3.8, 4) is 0 Å². The fourth-order valence-corrected chi connectivity index (χ4v) is 3.52. The zero-order valence-corrected chi connectivity index (χ0v) is 18.9. The van der Waals surface area contributed by atoms with Gasteiger partial charge in [-0.2, -0.15) is 0 Å². The van der Waals surface area contributed by atoms with Crippen LogP contribution in [0.1, 0.15) is 26.3 Å². The number of benzene rings is 2. The third kappa shape index (κ3) is 6.59. The SMILES string of the molecule is CC(C)C(=O)[C@H](CN)NC(=O)[C@@H](NC(=O)C(CN)Cc1ccc2ccccc2c1)[C@H](C)O. The second-order valence-corrected chi connectivity index (χ2v) is 8.40. The van der Waals surface area contributed by atoms with Gasteiger partial charge in [0.15, 0.2) is 5.78 Å². The van der Waals surface area contributed by atoms with Crippen molar-refractivity contribution in [2.24, 2.45) is 23.3 Å². The van der Waals surface area contributed by atoms with Crippen molar-refractivity contribution in [3.05, 3.63) is 48.0 Å². The molecule has 0 aliphatic carbocycles. The first-order chi connectivity index (χ1) is 15.2. The molecule has 8 nitrogen and oxygen atoms in total. The van der Waals surface area contributed by atoms with Crippen LogP contribution >= 0.6 is 0 Å². The van der Waals surface area contributed by atoms with E-state index in [1.54, 1.807) is 13.8 Å². The van der Waals surface area contributed by atoms with Gasteiger partial charge < -0.3 is 27.2 Å². The number of nitrogens with one attached hydrogen (secondary N) is 2. The van der Waals surface area contributed by atoms with Gasteiger partial charge in [0, 0.05) is 19.0 Å². The Morgan fingerprint density at radius 1 is 0.906 bits per heavy atom. The molecule has 0 aliphatic heterocycles. The van der Waals surface area contributed by atoms with E-state index in [0.29, 0.717) is 6.42 Å². The largest absolute Gasteiger partial charge is 0.391 e. The molecule has 4 atom stereocenters. The Morgan fingerprint density at radius 2 is 1.56 bits per heavy atom. The molecule has 7 N–H and O–H groups in total. The number of nitrogens with two attached hydrogens (primary N) is 2.